The van der Waals surface area contributed by atoms with Gasteiger partial charge in [-0.1, -0.05) is 38.2 Å². The summed E-state index contributed by atoms with van der Waals surface area (Å²) in [4.78, 5) is 9.97. The minimum Gasteiger partial charge on any atom is -0.320 e. The van der Waals surface area contributed by atoms with Gasteiger partial charge < -0.3 is 5.32 Å². The van der Waals surface area contributed by atoms with Crippen molar-refractivity contribution in [1.29, 1.82) is 0 Å². The third kappa shape index (κ3) is 13.4. The number of unbranched alkanes of at least 4 members (excludes halogenated alkanes) is 7. The van der Waals surface area contributed by atoms with E-state index in [0.717, 1.165) is 19.3 Å². The fourth-order valence-electron chi connectivity index (χ4n) is 1.60. The topological polar surface area (TPSA) is 29.1 Å². The van der Waals surface area contributed by atoms with E-state index < -0.39 is 0 Å². The molecule has 1 N–H and O–H groups in total. The van der Waals surface area contributed by atoms with Crippen molar-refractivity contribution in [1.82, 2.24) is 5.32 Å². The Balaban J connectivity index is 2.92. The van der Waals surface area contributed by atoms with Crippen molar-refractivity contribution in [2.45, 2.75) is 51.4 Å². The highest BCUT2D eigenvalue weighted by Gasteiger charge is 1.90. The van der Waals surface area contributed by atoms with E-state index in [0.29, 0.717) is 0 Å². The van der Waals surface area contributed by atoms with Crippen LogP contribution in [0.3, 0.4) is 0 Å². The number of rotatable bonds is 11. The fourth-order valence-corrected chi connectivity index (χ4v) is 1.60. The maximum atomic E-state index is 9.97. The van der Waals surface area contributed by atoms with E-state index in [9.17, 15) is 4.79 Å². The second-order valence-electron chi connectivity index (χ2n) is 3.93. The van der Waals surface area contributed by atoms with Crippen LogP contribution >= 0.6 is 0 Å². The van der Waals surface area contributed by atoms with Crippen molar-refractivity contribution in [3.63, 3.8) is 0 Å². The van der Waals surface area contributed by atoms with Crippen LogP contribution in [-0.4, -0.2) is 19.9 Å². The maximum absolute atomic E-state index is 9.97. The molecule has 0 fully saturated rings. The molecule has 0 aliphatic carbocycles. The average molecular weight is 211 g/mol. The Hall–Kier alpha value is -0.630. The molecule has 2 heteroatoms. The number of nitrogens with one attached hydrogen (secondary N) is 1. The molecule has 0 aromatic carbocycles. The van der Waals surface area contributed by atoms with E-state index in [1.807, 2.05) is 13.1 Å². The van der Waals surface area contributed by atoms with Crippen LogP contribution in [0.5, 0.6) is 0 Å². The molecule has 0 rings (SSSR count). The van der Waals surface area contributed by atoms with Gasteiger partial charge in [-0.05, 0) is 38.9 Å². The van der Waals surface area contributed by atoms with Crippen LogP contribution in [0.4, 0.5) is 0 Å². The molecule has 0 spiro atoms. The smallest absolute Gasteiger partial charge is 0.142 e. The van der Waals surface area contributed by atoms with E-state index in [1.54, 1.807) is 6.08 Å². The predicted octanol–water partition coefficient (Wildman–Crippen LogP) is 3.08. The number of hydrogen-bond acceptors (Lipinski definition) is 2. The summed E-state index contributed by atoms with van der Waals surface area (Å²) in [7, 11) is 2.01. The van der Waals surface area contributed by atoms with Crippen molar-refractivity contribution in [2.24, 2.45) is 0 Å². The molecule has 0 aromatic heterocycles. The van der Waals surface area contributed by atoms with E-state index >= 15 is 0 Å². The summed E-state index contributed by atoms with van der Waals surface area (Å²) in [5, 5.41) is 3.16. The second-order valence-corrected chi connectivity index (χ2v) is 3.93. The van der Waals surface area contributed by atoms with Crippen LogP contribution in [0.15, 0.2) is 12.2 Å². The summed E-state index contributed by atoms with van der Waals surface area (Å²) in [6.45, 7) is 1.15. The minimum atomic E-state index is 0.849. The molecular weight excluding hydrogens is 186 g/mol. The lowest BCUT2D eigenvalue weighted by Crippen LogP contribution is -2.06. The van der Waals surface area contributed by atoms with Crippen molar-refractivity contribution >= 4 is 6.29 Å². The molecule has 0 saturated heterocycles. The van der Waals surface area contributed by atoms with Gasteiger partial charge in [-0.3, -0.25) is 4.79 Å². The largest absolute Gasteiger partial charge is 0.320 e. The van der Waals surface area contributed by atoms with Gasteiger partial charge in [-0.2, -0.15) is 0 Å². The predicted molar refractivity (Wildman–Crippen MR) is 66.1 cm³/mol. The lowest BCUT2D eigenvalue weighted by atomic mass is 10.1. The maximum Gasteiger partial charge on any atom is 0.142 e. The van der Waals surface area contributed by atoms with Crippen LogP contribution in [0, 0.1) is 0 Å². The monoisotopic (exact) mass is 211 g/mol. The first-order valence-electron chi connectivity index (χ1n) is 6.16. The van der Waals surface area contributed by atoms with Crippen LogP contribution in [-0.2, 0) is 4.79 Å². The van der Waals surface area contributed by atoms with Crippen LogP contribution in [0.2, 0.25) is 0 Å². The van der Waals surface area contributed by atoms with Gasteiger partial charge in [-0.15, -0.1) is 0 Å². The first-order valence-corrected chi connectivity index (χ1v) is 6.16. The van der Waals surface area contributed by atoms with Crippen LogP contribution < -0.4 is 5.32 Å². The molecule has 15 heavy (non-hydrogen) atoms. The zero-order chi connectivity index (χ0) is 11.2. The average Bonchev–Trinajstić information content (AvgIpc) is 2.26. The summed E-state index contributed by atoms with van der Waals surface area (Å²) in [5.74, 6) is 0. The Kier molecular flexibility index (Phi) is 12.8. The lowest BCUT2D eigenvalue weighted by Gasteiger charge is -2.00. The molecule has 2 nitrogen and oxygen atoms in total. The number of aldehydes is 1. The summed E-state index contributed by atoms with van der Waals surface area (Å²) in [5.41, 5.74) is 0. The van der Waals surface area contributed by atoms with Gasteiger partial charge in [-0.25, -0.2) is 0 Å². The minimum absolute atomic E-state index is 0.849. The Morgan fingerprint density at radius 1 is 0.933 bits per heavy atom. The summed E-state index contributed by atoms with van der Waals surface area (Å²) in [6.07, 6.45) is 14.7. The third-order valence-electron chi connectivity index (χ3n) is 2.51. The molecule has 0 aromatic rings. The highest BCUT2D eigenvalue weighted by molar-refractivity contribution is 5.64. The van der Waals surface area contributed by atoms with Crippen molar-refractivity contribution in [3.05, 3.63) is 12.2 Å². The van der Waals surface area contributed by atoms with E-state index in [-0.39, 0.29) is 0 Å². The van der Waals surface area contributed by atoms with E-state index in [1.165, 1.54) is 44.9 Å². The van der Waals surface area contributed by atoms with Gasteiger partial charge in [0, 0.05) is 0 Å². The van der Waals surface area contributed by atoms with E-state index in [4.69, 9.17) is 0 Å². The van der Waals surface area contributed by atoms with Gasteiger partial charge in [0.15, 0.2) is 0 Å². The van der Waals surface area contributed by atoms with Crippen LogP contribution in [0.25, 0.3) is 0 Å². The Morgan fingerprint density at radius 3 is 2.13 bits per heavy atom. The molecule has 0 atom stereocenters. The summed E-state index contributed by atoms with van der Waals surface area (Å²) < 4.78 is 0. The van der Waals surface area contributed by atoms with Gasteiger partial charge >= 0.3 is 0 Å². The molecule has 0 bridgehead atoms. The molecule has 88 valence electrons. The molecule has 0 aliphatic rings. The highest BCUT2D eigenvalue weighted by atomic mass is 16.1. The van der Waals surface area contributed by atoms with Crippen molar-refractivity contribution in [3.8, 4) is 0 Å². The Bertz CT molecular complexity index is 155. The molecule has 0 radical (unpaired) electrons. The Labute approximate surface area is 94.1 Å². The first kappa shape index (κ1) is 14.4. The zero-order valence-electron chi connectivity index (χ0n) is 10.0. The highest BCUT2D eigenvalue weighted by Crippen LogP contribution is 2.08. The normalized spacial score (nSPS) is 11.0. The molecule has 0 heterocycles. The van der Waals surface area contributed by atoms with Crippen molar-refractivity contribution in [2.75, 3.05) is 13.6 Å². The SMILES string of the molecule is CNCCCCCCCCC/C=C/C=O. The van der Waals surface area contributed by atoms with Gasteiger partial charge in [0.25, 0.3) is 0 Å². The number of carbonyl (C=O) groups is 1. The standard InChI is InChI=1S/C13H25NO/c1-14-12-10-8-6-4-2-3-5-7-9-11-13-15/h9,11,13-14H,2-8,10,12H2,1H3/b11-9+. The first-order chi connectivity index (χ1) is 7.41. The molecule has 0 unspecified atom stereocenters. The molecule has 0 saturated carbocycles. The second kappa shape index (κ2) is 13.4. The number of carbonyl (C=O) groups excluding carboxylic acids is 1. The Morgan fingerprint density at radius 2 is 1.53 bits per heavy atom. The lowest BCUT2D eigenvalue weighted by molar-refractivity contribution is -0.104. The molecule has 0 amide bonds. The summed E-state index contributed by atoms with van der Waals surface area (Å²) >= 11 is 0. The van der Waals surface area contributed by atoms with Gasteiger partial charge in [0.05, 0.1) is 0 Å². The quantitative estimate of drug-likeness (QED) is 0.323. The van der Waals surface area contributed by atoms with Crippen LogP contribution in [0.1, 0.15) is 51.4 Å². The molecule has 0 aliphatic heterocycles. The third-order valence-corrected chi connectivity index (χ3v) is 2.51. The van der Waals surface area contributed by atoms with Crippen molar-refractivity contribution < 1.29 is 4.79 Å². The number of hydrogen-bond donors (Lipinski definition) is 1. The number of allylic oxidation sites excluding steroid dienone is 2. The molecular formula is C13H25NO. The summed E-state index contributed by atoms with van der Waals surface area (Å²) in [6, 6.07) is 0. The van der Waals surface area contributed by atoms with Gasteiger partial charge in [0.1, 0.15) is 6.29 Å². The van der Waals surface area contributed by atoms with Gasteiger partial charge in [0.2, 0.25) is 0 Å². The fraction of sp³-hybridized carbons (Fsp3) is 0.769. The zero-order valence-corrected chi connectivity index (χ0v) is 10.0. The van der Waals surface area contributed by atoms with E-state index in [2.05, 4.69) is 5.32 Å².